The normalized spacial score (nSPS) is 10.8. The van der Waals surface area contributed by atoms with Crippen LogP contribution in [-0.4, -0.2) is 10.1 Å². The minimum absolute atomic E-state index is 0.178. The lowest BCUT2D eigenvalue weighted by molar-refractivity contribution is 0.477. The van der Waals surface area contributed by atoms with Gasteiger partial charge in [0.1, 0.15) is 11.5 Å². The van der Waals surface area contributed by atoms with Gasteiger partial charge in [-0.1, -0.05) is 41.9 Å². The molecule has 2 aromatic carbocycles. The highest BCUT2D eigenvalue weighted by Crippen LogP contribution is 2.35. The Morgan fingerprint density at radius 1 is 0.800 bits per heavy atom. The quantitative estimate of drug-likeness (QED) is 0.491. The van der Waals surface area contributed by atoms with Crippen molar-refractivity contribution in [3.05, 3.63) is 84.1 Å². The smallest absolute Gasteiger partial charge is 0.134 e. The van der Waals surface area contributed by atoms with E-state index in [-0.39, 0.29) is 5.75 Å². The van der Waals surface area contributed by atoms with Crippen LogP contribution in [0.2, 0.25) is 5.02 Å². The van der Waals surface area contributed by atoms with Crippen molar-refractivity contribution in [1.29, 1.82) is 0 Å². The monoisotopic (exact) mass is 347 g/mol. The van der Waals surface area contributed by atoms with Crippen LogP contribution in [0.3, 0.4) is 0 Å². The van der Waals surface area contributed by atoms with Crippen molar-refractivity contribution in [2.75, 3.05) is 0 Å². The number of furan rings is 1. The molecule has 0 spiro atoms. The predicted molar refractivity (Wildman–Crippen MR) is 99.5 cm³/mol. The predicted octanol–water partition coefficient (Wildman–Crippen LogP) is 6.03. The maximum Gasteiger partial charge on any atom is 0.134 e. The van der Waals surface area contributed by atoms with Gasteiger partial charge < -0.3 is 9.52 Å². The largest absolute Gasteiger partial charge is 0.507 e. The topological polar surface area (TPSA) is 46.3 Å². The zero-order valence-electron chi connectivity index (χ0n) is 13.2. The number of aromatic hydroxyl groups is 1. The highest BCUT2D eigenvalue weighted by Gasteiger charge is 2.13. The molecule has 1 N–H and O–H groups in total. The Balaban J connectivity index is 1.96. The molecule has 122 valence electrons. The van der Waals surface area contributed by atoms with Crippen LogP contribution < -0.4 is 0 Å². The van der Waals surface area contributed by atoms with Crippen molar-refractivity contribution in [1.82, 2.24) is 4.98 Å². The fraction of sp³-hybridized carbons (Fsp3) is 0. The zero-order chi connectivity index (χ0) is 17.2. The maximum atomic E-state index is 10.2. The molecule has 0 atom stereocenters. The molecule has 2 aromatic heterocycles. The number of phenolic OH excluding ortho intramolecular Hbond substituents is 1. The van der Waals surface area contributed by atoms with E-state index in [0.29, 0.717) is 16.3 Å². The maximum absolute atomic E-state index is 10.2. The number of rotatable bonds is 3. The van der Waals surface area contributed by atoms with Gasteiger partial charge in [0.05, 0.1) is 17.7 Å². The number of aromatic nitrogens is 1. The summed E-state index contributed by atoms with van der Waals surface area (Å²) in [4.78, 5) is 4.72. The minimum atomic E-state index is 0.178. The first-order chi connectivity index (χ1) is 12.2. The number of hydrogen-bond acceptors (Lipinski definition) is 3. The third-order valence-corrected chi connectivity index (χ3v) is 4.29. The van der Waals surface area contributed by atoms with Gasteiger partial charge in [0.25, 0.3) is 0 Å². The van der Waals surface area contributed by atoms with Gasteiger partial charge in [0, 0.05) is 21.7 Å². The number of nitrogens with zero attached hydrogens (tertiary/aromatic N) is 1. The van der Waals surface area contributed by atoms with E-state index in [1.807, 2.05) is 60.7 Å². The van der Waals surface area contributed by atoms with E-state index in [0.717, 1.165) is 22.6 Å². The van der Waals surface area contributed by atoms with Crippen LogP contribution >= 0.6 is 11.6 Å². The number of benzene rings is 2. The van der Waals surface area contributed by atoms with E-state index in [1.165, 1.54) is 0 Å². The van der Waals surface area contributed by atoms with Crippen LogP contribution in [0.15, 0.2) is 83.5 Å². The molecule has 0 amide bonds. The fourth-order valence-corrected chi connectivity index (χ4v) is 2.98. The summed E-state index contributed by atoms with van der Waals surface area (Å²) in [5.41, 5.74) is 3.73. The van der Waals surface area contributed by atoms with E-state index in [9.17, 15) is 5.11 Å². The molecule has 25 heavy (non-hydrogen) atoms. The van der Waals surface area contributed by atoms with Gasteiger partial charge in [-0.3, -0.25) is 0 Å². The number of pyridine rings is 1. The Kier molecular flexibility index (Phi) is 4.00. The zero-order valence-corrected chi connectivity index (χ0v) is 13.9. The van der Waals surface area contributed by atoms with Gasteiger partial charge in [-0.15, -0.1) is 0 Å². The van der Waals surface area contributed by atoms with Crippen molar-refractivity contribution >= 4 is 11.6 Å². The van der Waals surface area contributed by atoms with Gasteiger partial charge in [-0.05, 0) is 42.5 Å². The van der Waals surface area contributed by atoms with Crippen molar-refractivity contribution in [3.8, 4) is 39.6 Å². The summed E-state index contributed by atoms with van der Waals surface area (Å²) < 4.78 is 5.54. The van der Waals surface area contributed by atoms with Crippen molar-refractivity contribution in [2.45, 2.75) is 0 Å². The number of halogens is 1. The van der Waals surface area contributed by atoms with E-state index in [4.69, 9.17) is 21.0 Å². The van der Waals surface area contributed by atoms with Crippen LogP contribution in [0.4, 0.5) is 0 Å². The Bertz CT molecular complexity index is 962. The molecule has 0 bridgehead atoms. The Morgan fingerprint density at radius 2 is 1.48 bits per heavy atom. The van der Waals surface area contributed by atoms with Crippen LogP contribution in [0.1, 0.15) is 0 Å². The molecule has 4 aromatic rings. The minimum Gasteiger partial charge on any atom is -0.507 e. The number of phenols is 1. The van der Waals surface area contributed by atoms with Crippen LogP contribution in [-0.2, 0) is 0 Å². The number of hydrogen-bond donors (Lipinski definition) is 1. The molecule has 0 unspecified atom stereocenters. The van der Waals surface area contributed by atoms with Crippen LogP contribution in [0.5, 0.6) is 5.75 Å². The molecular formula is C21H14ClNO2. The van der Waals surface area contributed by atoms with Gasteiger partial charge in [0.2, 0.25) is 0 Å². The third kappa shape index (κ3) is 3.02. The van der Waals surface area contributed by atoms with Crippen molar-refractivity contribution in [2.24, 2.45) is 0 Å². The second-order valence-corrected chi connectivity index (χ2v) is 6.01. The van der Waals surface area contributed by atoms with Gasteiger partial charge >= 0.3 is 0 Å². The summed E-state index contributed by atoms with van der Waals surface area (Å²) in [6.45, 7) is 0. The Labute approximate surface area is 150 Å². The SMILES string of the molecule is Oc1ccccc1-c1cc(-c2ccco2)cc(-c2ccccc2Cl)n1. The average molecular weight is 348 g/mol. The third-order valence-electron chi connectivity index (χ3n) is 3.96. The van der Waals surface area contributed by atoms with Crippen molar-refractivity contribution in [3.63, 3.8) is 0 Å². The molecule has 0 fully saturated rings. The standard InChI is InChI=1S/C21H14ClNO2/c22-17-8-3-1-6-15(17)18-12-14(21-10-5-11-25-21)13-19(23-18)16-7-2-4-9-20(16)24/h1-13,24H. The molecule has 0 radical (unpaired) electrons. The van der Waals surface area contributed by atoms with Gasteiger partial charge in [-0.2, -0.15) is 0 Å². The summed E-state index contributed by atoms with van der Waals surface area (Å²) in [5, 5.41) is 10.8. The lowest BCUT2D eigenvalue weighted by atomic mass is 10.0. The molecular weight excluding hydrogens is 334 g/mol. The van der Waals surface area contributed by atoms with Crippen LogP contribution in [0.25, 0.3) is 33.8 Å². The molecule has 4 heteroatoms. The summed E-state index contributed by atoms with van der Waals surface area (Å²) in [5.74, 6) is 0.907. The fourth-order valence-electron chi connectivity index (χ4n) is 2.75. The van der Waals surface area contributed by atoms with E-state index in [2.05, 4.69) is 0 Å². The van der Waals surface area contributed by atoms with Gasteiger partial charge in [-0.25, -0.2) is 4.98 Å². The lowest BCUT2D eigenvalue weighted by Crippen LogP contribution is -1.91. The average Bonchev–Trinajstić information content (AvgIpc) is 3.17. The highest BCUT2D eigenvalue weighted by molar-refractivity contribution is 6.33. The lowest BCUT2D eigenvalue weighted by Gasteiger charge is -2.10. The molecule has 0 saturated heterocycles. The molecule has 0 saturated carbocycles. The highest BCUT2D eigenvalue weighted by atomic mass is 35.5. The van der Waals surface area contributed by atoms with Crippen molar-refractivity contribution < 1.29 is 9.52 Å². The Hall–Kier alpha value is -3.04. The summed E-state index contributed by atoms with van der Waals surface area (Å²) in [7, 11) is 0. The molecule has 3 nitrogen and oxygen atoms in total. The first kappa shape index (κ1) is 15.5. The summed E-state index contributed by atoms with van der Waals surface area (Å²) in [6.07, 6.45) is 1.63. The second kappa shape index (κ2) is 6.46. The molecule has 0 aliphatic carbocycles. The van der Waals surface area contributed by atoms with E-state index >= 15 is 0 Å². The summed E-state index contributed by atoms with van der Waals surface area (Å²) in [6, 6.07) is 22.2. The number of para-hydroxylation sites is 1. The summed E-state index contributed by atoms with van der Waals surface area (Å²) >= 11 is 6.35. The van der Waals surface area contributed by atoms with Gasteiger partial charge in [0.15, 0.2) is 0 Å². The second-order valence-electron chi connectivity index (χ2n) is 5.60. The first-order valence-electron chi connectivity index (χ1n) is 7.81. The van der Waals surface area contributed by atoms with Crippen LogP contribution in [0, 0.1) is 0 Å². The van der Waals surface area contributed by atoms with E-state index in [1.54, 1.807) is 18.4 Å². The molecule has 4 rings (SSSR count). The molecule has 0 aliphatic heterocycles. The first-order valence-corrected chi connectivity index (χ1v) is 8.19. The Morgan fingerprint density at radius 3 is 2.16 bits per heavy atom. The molecule has 2 heterocycles. The van der Waals surface area contributed by atoms with E-state index < -0.39 is 0 Å². The molecule has 0 aliphatic rings.